The molecule has 0 radical (unpaired) electrons. The molecule has 0 aliphatic rings. The maximum atomic E-state index is 12.2. The minimum atomic E-state index is -4.45. The molecule has 0 saturated heterocycles. The molecule has 0 heterocycles. The third-order valence-corrected chi connectivity index (χ3v) is 4.08. The lowest BCUT2D eigenvalue weighted by Crippen LogP contribution is -2.15. The van der Waals surface area contributed by atoms with Crippen molar-refractivity contribution in [1.29, 1.82) is 5.26 Å². The Morgan fingerprint density at radius 2 is 1.93 bits per heavy atom. The molecule has 0 aromatic heterocycles. The molecule has 0 bridgehead atoms. The highest BCUT2D eigenvalue weighted by molar-refractivity contribution is 7.85. The number of carbonyl (C=O) groups excluding carboxylic acids is 1. The summed E-state index contributed by atoms with van der Waals surface area (Å²) in [7, 11) is -4.45. The van der Waals surface area contributed by atoms with Crippen LogP contribution in [0.1, 0.15) is 0 Å². The predicted molar refractivity (Wildman–Crippen MR) is 95.3 cm³/mol. The van der Waals surface area contributed by atoms with Crippen LogP contribution in [-0.2, 0) is 14.9 Å². The van der Waals surface area contributed by atoms with Crippen molar-refractivity contribution in [2.24, 2.45) is 0 Å². The molecule has 3 N–H and O–H groups in total. The third-order valence-electron chi connectivity index (χ3n) is 3.23. The van der Waals surface area contributed by atoms with Crippen LogP contribution >= 0.6 is 0 Å². The van der Waals surface area contributed by atoms with Crippen LogP contribution in [0.3, 0.4) is 0 Å². The van der Waals surface area contributed by atoms with E-state index in [1.54, 1.807) is 6.07 Å². The van der Waals surface area contributed by atoms with Gasteiger partial charge in [-0.15, -0.1) is 0 Å². The van der Waals surface area contributed by atoms with E-state index in [4.69, 9.17) is 9.81 Å². The van der Waals surface area contributed by atoms with Crippen LogP contribution in [0.5, 0.6) is 0 Å². The van der Waals surface area contributed by atoms with Gasteiger partial charge in [0, 0.05) is 18.0 Å². The average Bonchev–Trinajstić information content (AvgIpc) is 2.62. The Bertz CT molecular complexity index is 1070. The summed E-state index contributed by atoms with van der Waals surface area (Å²) in [5.41, 5.74) is -0.545. The largest absolute Gasteiger partial charge is 0.355 e. The number of nitro groups is 1. The standard InChI is InChI=1S/C16H12N4O6S/c17-9-11(10-18-14-6-1-2-7-15(14)20(22)23)16(21)19-12-4-3-5-13(8-12)27(24,25)26/h1-8,10,18H,(H,19,21)(H,24,25,26)/b11-10-. The van der Waals surface area contributed by atoms with Crippen LogP contribution in [-0.4, -0.2) is 23.8 Å². The molecule has 0 aliphatic carbocycles. The van der Waals surface area contributed by atoms with Gasteiger partial charge in [-0.05, 0) is 24.3 Å². The fraction of sp³-hybridized carbons (Fsp3) is 0. The number of hydrogen-bond donors (Lipinski definition) is 3. The normalized spacial score (nSPS) is 11.3. The molecular weight excluding hydrogens is 376 g/mol. The molecule has 10 nitrogen and oxygen atoms in total. The molecule has 2 aromatic carbocycles. The summed E-state index contributed by atoms with van der Waals surface area (Å²) in [5, 5.41) is 24.9. The molecule has 0 spiro atoms. The second kappa shape index (κ2) is 8.09. The number of nitriles is 1. The van der Waals surface area contributed by atoms with E-state index in [9.17, 15) is 23.3 Å². The lowest BCUT2D eigenvalue weighted by molar-refractivity contribution is -0.383. The Labute approximate surface area is 153 Å². The van der Waals surface area contributed by atoms with Crippen molar-refractivity contribution in [3.8, 4) is 6.07 Å². The van der Waals surface area contributed by atoms with Gasteiger partial charge in [-0.3, -0.25) is 19.5 Å². The van der Waals surface area contributed by atoms with E-state index in [2.05, 4.69) is 10.6 Å². The van der Waals surface area contributed by atoms with E-state index in [-0.39, 0.29) is 17.1 Å². The number of rotatable bonds is 6. The van der Waals surface area contributed by atoms with Gasteiger partial charge < -0.3 is 10.6 Å². The smallest absolute Gasteiger partial charge is 0.294 e. The number of nitro benzene ring substituents is 1. The topological polar surface area (TPSA) is 162 Å². The monoisotopic (exact) mass is 388 g/mol. The Hall–Kier alpha value is -3.75. The molecule has 2 aromatic rings. The van der Waals surface area contributed by atoms with Gasteiger partial charge in [0.25, 0.3) is 21.7 Å². The maximum absolute atomic E-state index is 12.2. The van der Waals surface area contributed by atoms with Crippen molar-refractivity contribution in [3.63, 3.8) is 0 Å². The summed E-state index contributed by atoms with van der Waals surface area (Å²) in [6, 6.07) is 12.1. The number of para-hydroxylation sites is 2. The summed E-state index contributed by atoms with van der Waals surface area (Å²) < 4.78 is 31.3. The Morgan fingerprint density at radius 3 is 2.56 bits per heavy atom. The van der Waals surface area contributed by atoms with Gasteiger partial charge >= 0.3 is 0 Å². The lowest BCUT2D eigenvalue weighted by Gasteiger charge is -2.06. The number of hydrogen-bond acceptors (Lipinski definition) is 7. The van der Waals surface area contributed by atoms with Crippen LogP contribution in [0.25, 0.3) is 0 Å². The van der Waals surface area contributed by atoms with Gasteiger partial charge in [0.05, 0.1) is 9.82 Å². The zero-order valence-corrected chi connectivity index (χ0v) is 14.3. The maximum Gasteiger partial charge on any atom is 0.294 e. The fourth-order valence-corrected chi connectivity index (χ4v) is 2.51. The van der Waals surface area contributed by atoms with Crippen LogP contribution < -0.4 is 10.6 Å². The van der Waals surface area contributed by atoms with Crippen LogP contribution in [0.4, 0.5) is 17.1 Å². The van der Waals surface area contributed by atoms with E-state index < -0.39 is 31.4 Å². The molecular formula is C16H12N4O6S. The van der Waals surface area contributed by atoms with Crippen LogP contribution in [0.2, 0.25) is 0 Å². The van der Waals surface area contributed by atoms with Gasteiger partial charge in [0.2, 0.25) is 0 Å². The molecule has 138 valence electrons. The average molecular weight is 388 g/mol. The molecule has 0 atom stereocenters. The van der Waals surface area contributed by atoms with E-state index in [0.29, 0.717) is 0 Å². The summed E-state index contributed by atoms with van der Waals surface area (Å²) in [5.74, 6) is -0.879. The summed E-state index contributed by atoms with van der Waals surface area (Å²) in [4.78, 5) is 22.1. The van der Waals surface area contributed by atoms with Gasteiger partial charge in [0.1, 0.15) is 17.3 Å². The molecule has 1 amide bonds. The molecule has 0 fully saturated rings. The van der Waals surface area contributed by atoms with Crippen molar-refractivity contribution in [1.82, 2.24) is 0 Å². The second-order valence-electron chi connectivity index (χ2n) is 5.05. The van der Waals surface area contributed by atoms with Gasteiger partial charge in [-0.25, -0.2) is 0 Å². The van der Waals surface area contributed by atoms with Crippen molar-refractivity contribution in [2.45, 2.75) is 4.90 Å². The SMILES string of the molecule is N#C/C(=C/Nc1ccccc1[N+](=O)[O-])C(=O)Nc1cccc(S(=O)(=O)O)c1. The summed E-state index contributed by atoms with van der Waals surface area (Å²) >= 11 is 0. The number of anilines is 2. The summed E-state index contributed by atoms with van der Waals surface area (Å²) in [6.45, 7) is 0. The Morgan fingerprint density at radius 1 is 1.22 bits per heavy atom. The quantitative estimate of drug-likeness (QED) is 0.223. The third kappa shape index (κ3) is 5.11. The molecule has 0 aliphatic heterocycles. The number of nitrogens with one attached hydrogen (secondary N) is 2. The molecule has 0 saturated carbocycles. The minimum Gasteiger partial charge on any atom is -0.355 e. The Balaban J connectivity index is 2.21. The van der Waals surface area contributed by atoms with Crippen molar-refractivity contribution in [2.75, 3.05) is 10.6 Å². The molecule has 27 heavy (non-hydrogen) atoms. The molecule has 11 heteroatoms. The molecule has 2 rings (SSSR count). The highest BCUT2D eigenvalue weighted by Gasteiger charge is 2.15. The first-order valence-electron chi connectivity index (χ1n) is 7.21. The first-order valence-corrected chi connectivity index (χ1v) is 8.65. The lowest BCUT2D eigenvalue weighted by atomic mass is 10.2. The van der Waals surface area contributed by atoms with Gasteiger partial charge in [-0.2, -0.15) is 13.7 Å². The zero-order chi connectivity index (χ0) is 20.0. The van der Waals surface area contributed by atoms with E-state index in [0.717, 1.165) is 18.3 Å². The predicted octanol–water partition coefficient (Wildman–Crippen LogP) is 2.30. The fourth-order valence-electron chi connectivity index (χ4n) is 1.99. The number of amides is 1. The van der Waals surface area contributed by atoms with E-state index in [1.165, 1.54) is 36.4 Å². The molecule has 0 unspecified atom stereocenters. The highest BCUT2D eigenvalue weighted by atomic mass is 32.2. The summed E-state index contributed by atoms with van der Waals surface area (Å²) in [6.07, 6.45) is 0.990. The number of benzene rings is 2. The van der Waals surface area contributed by atoms with Crippen molar-refractivity contribution < 1.29 is 22.7 Å². The van der Waals surface area contributed by atoms with Crippen molar-refractivity contribution in [3.05, 3.63) is 70.4 Å². The van der Waals surface area contributed by atoms with Gasteiger partial charge in [-0.1, -0.05) is 18.2 Å². The minimum absolute atomic E-state index is 0.0296. The van der Waals surface area contributed by atoms with E-state index in [1.807, 2.05) is 0 Å². The first-order chi connectivity index (χ1) is 12.7. The second-order valence-corrected chi connectivity index (χ2v) is 6.47. The number of carbonyl (C=O) groups is 1. The van der Waals surface area contributed by atoms with Crippen LogP contribution in [0, 0.1) is 21.4 Å². The number of nitrogens with zero attached hydrogens (tertiary/aromatic N) is 2. The Kier molecular flexibility index (Phi) is 5.86. The van der Waals surface area contributed by atoms with Crippen LogP contribution in [0.15, 0.2) is 65.2 Å². The highest BCUT2D eigenvalue weighted by Crippen LogP contribution is 2.23. The first kappa shape index (κ1) is 19.6. The van der Waals surface area contributed by atoms with E-state index >= 15 is 0 Å². The zero-order valence-electron chi connectivity index (χ0n) is 13.5. The van der Waals surface area contributed by atoms with Crippen molar-refractivity contribution >= 4 is 33.1 Å². The van der Waals surface area contributed by atoms with Gasteiger partial charge in [0.15, 0.2) is 0 Å².